The molecule has 0 bridgehead atoms. The third-order valence-corrected chi connectivity index (χ3v) is 6.87. The summed E-state index contributed by atoms with van der Waals surface area (Å²) in [4.78, 5) is 27.8. The lowest BCUT2D eigenvalue weighted by molar-refractivity contribution is -0.121. The van der Waals surface area contributed by atoms with E-state index in [4.69, 9.17) is 23.5 Å². The van der Waals surface area contributed by atoms with E-state index in [1.54, 1.807) is 18.2 Å². The van der Waals surface area contributed by atoms with Crippen molar-refractivity contribution in [1.82, 2.24) is 15.1 Å². The van der Waals surface area contributed by atoms with E-state index < -0.39 is 34.6 Å². The molecular weight excluding hydrogens is 454 g/mol. The summed E-state index contributed by atoms with van der Waals surface area (Å²) in [6, 6.07) is 15.1. The molecule has 6 radical (unpaired) electrons. The second-order valence-corrected chi connectivity index (χ2v) is 9.37. The SMILES string of the molecule is [B]C([B])([B])N1C(=O)[C@@H](NC(=O)c2nn(Cc3ccccc3)cc2F)C2C(c3cc(C#N)ccc31)[C@@H]2C. The molecule has 1 aliphatic heterocycles. The lowest BCUT2D eigenvalue weighted by atomic mass is 9.48. The van der Waals surface area contributed by atoms with Gasteiger partial charge in [-0.2, -0.15) is 10.4 Å². The molecule has 5 rings (SSSR count). The first kappa shape index (κ1) is 23.9. The number of nitrogens with zero attached hydrogens (tertiary/aromatic N) is 4. The predicted molar refractivity (Wildman–Crippen MR) is 133 cm³/mol. The van der Waals surface area contributed by atoms with Gasteiger partial charge < -0.3 is 10.2 Å². The van der Waals surface area contributed by atoms with E-state index in [0.29, 0.717) is 16.8 Å². The Morgan fingerprint density at radius 1 is 1.22 bits per heavy atom. The van der Waals surface area contributed by atoms with Gasteiger partial charge in [0.15, 0.2) is 11.5 Å². The number of hydrogen-bond donors (Lipinski definition) is 1. The summed E-state index contributed by atoms with van der Waals surface area (Å²) in [6.45, 7) is 2.21. The summed E-state index contributed by atoms with van der Waals surface area (Å²) < 4.78 is 16.0. The first-order valence-corrected chi connectivity index (χ1v) is 11.4. The molecule has 1 N–H and O–H groups in total. The molecule has 11 heteroatoms. The van der Waals surface area contributed by atoms with E-state index in [0.717, 1.165) is 16.7 Å². The van der Waals surface area contributed by atoms with Gasteiger partial charge in [0.2, 0.25) is 5.91 Å². The van der Waals surface area contributed by atoms with Crippen molar-refractivity contribution in [3.63, 3.8) is 0 Å². The summed E-state index contributed by atoms with van der Waals surface area (Å²) in [6.07, 6.45) is 1.13. The Kier molecular flexibility index (Phi) is 5.78. The molecule has 2 amide bonds. The highest BCUT2D eigenvalue weighted by molar-refractivity contribution is 6.62. The van der Waals surface area contributed by atoms with Gasteiger partial charge in [-0.05, 0) is 47.1 Å². The van der Waals surface area contributed by atoms with E-state index in [1.807, 2.05) is 37.3 Å². The highest BCUT2D eigenvalue weighted by Gasteiger charge is 2.59. The van der Waals surface area contributed by atoms with Crippen molar-refractivity contribution in [3.05, 3.63) is 82.9 Å². The average Bonchev–Trinajstić information content (AvgIpc) is 3.38. The Hall–Kier alpha value is -3.80. The zero-order chi connectivity index (χ0) is 25.8. The van der Waals surface area contributed by atoms with Crippen LogP contribution in [0.25, 0.3) is 0 Å². The third-order valence-electron chi connectivity index (χ3n) is 6.87. The number of nitrogens with one attached hydrogen (secondary N) is 1. The number of hydrogen-bond acceptors (Lipinski definition) is 4. The van der Waals surface area contributed by atoms with Crippen molar-refractivity contribution in [2.45, 2.75) is 30.7 Å². The highest BCUT2D eigenvalue weighted by atomic mass is 19.1. The lowest BCUT2D eigenvalue weighted by Crippen LogP contribution is -2.60. The predicted octanol–water partition coefficient (Wildman–Crippen LogP) is 1.55. The van der Waals surface area contributed by atoms with E-state index in [1.165, 1.54) is 4.68 Å². The molecule has 2 unspecified atom stereocenters. The van der Waals surface area contributed by atoms with Gasteiger partial charge in [0.1, 0.15) is 6.04 Å². The van der Waals surface area contributed by atoms with Crippen molar-refractivity contribution in [2.75, 3.05) is 4.90 Å². The van der Waals surface area contributed by atoms with Crippen LogP contribution in [0.1, 0.15) is 40.0 Å². The molecule has 1 fully saturated rings. The van der Waals surface area contributed by atoms with E-state index >= 15 is 0 Å². The van der Waals surface area contributed by atoms with Gasteiger partial charge in [0.25, 0.3) is 5.91 Å². The van der Waals surface area contributed by atoms with Crippen molar-refractivity contribution >= 4 is 41.0 Å². The second kappa shape index (κ2) is 8.70. The monoisotopic (exact) mass is 473 g/mol. The molecule has 1 aromatic heterocycles. The minimum atomic E-state index is -2.08. The van der Waals surface area contributed by atoms with E-state index in [-0.39, 0.29) is 24.3 Å². The van der Waals surface area contributed by atoms with Crippen LogP contribution in [0.4, 0.5) is 10.1 Å². The van der Waals surface area contributed by atoms with Crippen LogP contribution in [0.15, 0.2) is 54.7 Å². The summed E-state index contributed by atoms with van der Waals surface area (Å²) in [7, 11) is 17.9. The largest absolute Gasteiger partial charge is 0.338 e. The Morgan fingerprint density at radius 2 is 1.94 bits per heavy atom. The first-order valence-electron chi connectivity index (χ1n) is 11.4. The van der Waals surface area contributed by atoms with Crippen LogP contribution in [0.5, 0.6) is 0 Å². The van der Waals surface area contributed by atoms with E-state index in [9.17, 15) is 19.2 Å². The molecule has 3 aromatic rings. The van der Waals surface area contributed by atoms with Crippen LogP contribution in [0.2, 0.25) is 0 Å². The molecule has 0 saturated heterocycles. The summed E-state index contributed by atoms with van der Waals surface area (Å²) >= 11 is 0. The fourth-order valence-electron chi connectivity index (χ4n) is 5.18. The number of carbonyl (C=O) groups is 2. The summed E-state index contributed by atoms with van der Waals surface area (Å²) in [5.74, 6) is -2.75. The number of nitriles is 1. The molecule has 1 aliphatic carbocycles. The van der Waals surface area contributed by atoms with Crippen molar-refractivity contribution < 1.29 is 14.0 Å². The molecular formula is C25H19B3FN5O2. The summed E-state index contributed by atoms with van der Waals surface area (Å²) in [5.41, 5.74) is 1.94. The number of anilines is 1. The van der Waals surface area contributed by atoms with Crippen LogP contribution >= 0.6 is 0 Å². The van der Waals surface area contributed by atoms with Gasteiger partial charge in [-0.1, -0.05) is 42.5 Å². The molecule has 1 saturated carbocycles. The van der Waals surface area contributed by atoms with Gasteiger partial charge in [0.05, 0.1) is 47.9 Å². The highest BCUT2D eigenvalue weighted by Crippen LogP contribution is 2.60. The summed E-state index contributed by atoms with van der Waals surface area (Å²) in [5, 5.41) is 14.0. The normalized spacial score (nSPS) is 22.7. The number of rotatable bonds is 5. The molecule has 2 aliphatic rings. The van der Waals surface area contributed by atoms with Crippen molar-refractivity contribution in [2.24, 2.45) is 11.8 Å². The molecule has 36 heavy (non-hydrogen) atoms. The van der Waals surface area contributed by atoms with Gasteiger partial charge in [-0.3, -0.25) is 14.3 Å². The average molecular weight is 473 g/mol. The molecule has 0 spiro atoms. The molecule has 2 heterocycles. The lowest BCUT2D eigenvalue weighted by Gasteiger charge is -2.40. The molecule has 2 aromatic carbocycles. The minimum absolute atomic E-state index is 0.00250. The minimum Gasteiger partial charge on any atom is -0.338 e. The Bertz CT molecular complexity index is 1400. The smallest absolute Gasteiger partial charge is 0.275 e. The fourth-order valence-corrected chi connectivity index (χ4v) is 5.18. The van der Waals surface area contributed by atoms with E-state index in [2.05, 4.69) is 16.5 Å². The van der Waals surface area contributed by atoms with Crippen molar-refractivity contribution in [1.29, 1.82) is 5.26 Å². The molecule has 7 nitrogen and oxygen atoms in total. The number of aromatic nitrogens is 2. The quantitative estimate of drug-likeness (QED) is 0.570. The number of fused-ring (bicyclic) bond motifs is 3. The van der Waals surface area contributed by atoms with Gasteiger partial charge in [-0.15, -0.1) is 0 Å². The van der Waals surface area contributed by atoms with Crippen LogP contribution in [0.3, 0.4) is 0 Å². The van der Waals surface area contributed by atoms with Crippen LogP contribution < -0.4 is 10.2 Å². The maximum Gasteiger partial charge on any atom is 0.275 e. The topological polar surface area (TPSA) is 91.0 Å². The maximum atomic E-state index is 14.7. The molecule has 172 valence electrons. The Labute approximate surface area is 211 Å². The zero-order valence-corrected chi connectivity index (χ0v) is 19.4. The number of halogens is 1. The number of benzene rings is 2. The zero-order valence-electron chi connectivity index (χ0n) is 19.4. The van der Waals surface area contributed by atoms with Gasteiger partial charge >= 0.3 is 0 Å². The second-order valence-electron chi connectivity index (χ2n) is 9.37. The van der Waals surface area contributed by atoms with Gasteiger partial charge in [-0.25, -0.2) is 4.39 Å². The fraction of sp³-hybridized carbons (Fsp3) is 0.280. The van der Waals surface area contributed by atoms with Crippen molar-refractivity contribution in [3.8, 4) is 6.07 Å². The third kappa shape index (κ3) is 4.11. The maximum absolute atomic E-state index is 14.7. The number of carbonyl (C=O) groups excluding carboxylic acids is 2. The van der Waals surface area contributed by atoms with Gasteiger partial charge in [0, 0.05) is 5.69 Å². The van der Waals surface area contributed by atoms with Crippen LogP contribution in [0, 0.1) is 29.0 Å². The van der Waals surface area contributed by atoms with Crippen LogP contribution in [-0.4, -0.2) is 56.4 Å². The Morgan fingerprint density at radius 3 is 2.61 bits per heavy atom. The number of amides is 2. The molecule has 4 atom stereocenters. The standard InChI is InChI=1S/C25H19B3FN5O2/c1-13-19-16-9-15(10-30)7-8-18(16)34(25(26,27)28)24(36)22(20(13)19)31-23(35)21-17(29)12-33(32-21)11-14-5-3-2-4-6-14/h2-9,12-13,19-20,22H,11H2,1H3,(H,31,35)/t13-,19?,20?,22-/m0/s1. The Balaban J connectivity index is 1.46. The van der Waals surface area contributed by atoms with Crippen LogP contribution in [-0.2, 0) is 11.3 Å². The first-order chi connectivity index (χ1) is 17.1.